The first-order valence-electron chi connectivity index (χ1n) is 9.01. The van der Waals surface area contributed by atoms with E-state index in [1.807, 2.05) is 18.2 Å². The minimum absolute atomic E-state index is 0.335. The Kier molecular flexibility index (Phi) is 9.61. The van der Waals surface area contributed by atoms with Gasteiger partial charge in [-0.2, -0.15) is 0 Å². The summed E-state index contributed by atoms with van der Waals surface area (Å²) in [5, 5.41) is 9.59. The lowest BCUT2D eigenvalue weighted by molar-refractivity contribution is -0.139. The summed E-state index contributed by atoms with van der Waals surface area (Å²) < 4.78 is 0. The van der Waals surface area contributed by atoms with Gasteiger partial charge in [0.15, 0.2) is 0 Å². The van der Waals surface area contributed by atoms with E-state index in [1.165, 1.54) is 31.2 Å². The van der Waals surface area contributed by atoms with E-state index >= 15 is 0 Å². The molecule has 2 heteroatoms. The predicted octanol–water partition coefficient (Wildman–Crippen LogP) is 5.95. The van der Waals surface area contributed by atoms with Gasteiger partial charge in [0.05, 0.1) is 5.92 Å². The zero-order chi connectivity index (χ0) is 16.2. The van der Waals surface area contributed by atoms with Crippen molar-refractivity contribution in [3.8, 4) is 0 Å². The van der Waals surface area contributed by atoms with Crippen LogP contribution in [0.25, 0.3) is 0 Å². The lowest BCUT2D eigenvalue weighted by Gasteiger charge is -2.17. The lowest BCUT2D eigenvalue weighted by Crippen LogP contribution is -2.14. The highest BCUT2D eigenvalue weighted by molar-refractivity contribution is 5.76. The zero-order valence-electron chi connectivity index (χ0n) is 14.3. The summed E-state index contributed by atoms with van der Waals surface area (Å²) in [6, 6.07) is 8.15. The Balaban J connectivity index is 2.67. The molecule has 1 atom stereocenters. The van der Waals surface area contributed by atoms with Gasteiger partial charge in [-0.3, -0.25) is 4.79 Å². The van der Waals surface area contributed by atoms with Crippen LogP contribution in [0.2, 0.25) is 0 Å². The number of aryl methyl sites for hydroxylation is 1. The van der Waals surface area contributed by atoms with Crippen molar-refractivity contribution in [2.75, 3.05) is 0 Å². The van der Waals surface area contributed by atoms with Gasteiger partial charge in [-0.25, -0.2) is 0 Å². The number of hydrogen-bond acceptors (Lipinski definition) is 1. The van der Waals surface area contributed by atoms with Gasteiger partial charge in [0.2, 0.25) is 0 Å². The maximum Gasteiger partial charge on any atom is 0.310 e. The number of carboxylic acid groups (broad SMARTS) is 1. The van der Waals surface area contributed by atoms with Crippen molar-refractivity contribution in [3.63, 3.8) is 0 Å². The molecule has 0 heterocycles. The minimum Gasteiger partial charge on any atom is -0.481 e. The van der Waals surface area contributed by atoms with E-state index in [0.29, 0.717) is 0 Å². The van der Waals surface area contributed by atoms with Crippen LogP contribution in [0.15, 0.2) is 24.3 Å². The average molecular weight is 304 g/mol. The zero-order valence-corrected chi connectivity index (χ0v) is 14.3. The summed E-state index contributed by atoms with van der Waals surface area (Å²) >= 11 is 0. The Bertz CT molecular complexity index is 425. The van der Waals surface area contributed by atoms with E-state index in [1.54, 1.807) is 0 Å². The highest BCUT2D eigenvalue weighted by Crippen LogP contribution is 2.27. The molecule has 2 nitrogen and oxygen atoms in total. The summed E-state index contributed by atoms with van der Waals surface area (Å²) in [5.41, 5.74) is 2.28. The summed E-state index contributed by atoms with van der Waals surface area (Å²) in [6.07, 6.45) is 11.3. The van der Waals surface area contributed by atoms with E-state index in [4.69, 9.17) is 0 Å². The third-order valence-electron chi connectivity index (χ3n) is 4.37. The standard InChI is InChI=1S/C20H32O2/c1-3-5-7-8-10-13-17-14-11-12-15-18(17)19(20(21)22)16-9-6-4-2/h11-12,14-15,19H,3-10,13,16H2,1-2H3,(H,21,22). The first-order valence-corrected chi connectivity index (χ1v) is 9.01. The van der Waals surface area contributed by atoms with Crippen LogP contribution < -0.4 is 0 Å². The molecular formula is C20H32O2. The van der Waals surface area contributed by atoms with Crippen molar-refractivity contribution in [2.24, 2.45) is 0 Å². The molecule has 0 aromatic heterocycles. The van der Waals surface area contributed by atoms with Crippen LogP contribution >= 0.6 is 0 Å². The Morgan fingerprint density at radius 1 is 0.955 bits per heavy atom. The van der Waals surface area contributed by atoms with Crippen molar-refractivity contribution >= 4 is 5.97 Å². The van der Waals surface area contributed by atoms with Gasteiger partial charge < -0.3 is 5.11 Å². The van der Waals surface area contributed by atoms with Crippen LogP contribution in [0, 0.1) is 0 Å². The van der Waals surface area contributed by atoms with E-state index in [2.05, 4.69) is 19.9 Å². The number of aliphatic carboxylic acids is 1. The van der Waals surface area contributed by atoms with Gasteiger partial charge in [0.25, 0.3) is 0 Å². The third kappa shape index (κ3) is 6.64. The molecule has 1 aromatic carbocycles. The number of carboxylic acids is 1. The van der Waals surface area contributed by atoms with Crippen LogP contribution in [-0.2, 0) is 11.2 Å². The molecule has 124 valence electrons. The van der Waals surface area contributed by atoms with Gasteiger partial charge >= 0.3 is 5.97 Å². The molecular weight excluding hydrogens is 272 g/mol. The van der Waals surface area contributed by atoms with Gasteiger partial charge in [0, 0.05) is 0 Å². The Hall–Kier alpha value is -1.31. The van der Waals surface area contributed by atoms with Crippen molar-refractivity contribution < 1.29 is 9.90 Å². The monoisotopic (exact) mass is 304 g/mol. The highest BCUT2D eigenvalue weighted by Gasteiger charge is 2.21. The predicted molar refractivity (Wildman–Crippen MR) is 93.4 cm³/mol. The van der Waals surface area contributed by atoms with E-state index in [-0.39, 0.29) is 5.92 Å². The van der Waals surface area contributed by atoms with Crippen LogP contribution in [0.4, 0.5) is 0 Å². The van der Waals surface area contributed by atoms with Crippen LogP contribution in [0.3, 0.4) is 0 Å². The van der Waals surface area contributed by atoms with Crippen LogP contribution in [-0.4, -0.2) is 11.1 Å². The SMILES string of the molecule is CCCCCCCc1ccccc1C(CCCCC)C(=O)O. The lowest BCUT2D eigenvalue weighted by atomic mass is 9.88. The van der Waals surface area contributed by atoms with E-state index in [9.17, 15) is 9.90 Å². The molecule has 0 aliphatic heterocycles. The molecule has 0 saturated heterocycles. The topological polar surface area (TPSA) is 37.3 Å². The van der Waals surface area contributed by atoms with Crippen molar-refractivity contribution in [3.05, 3.63) is 35.4 Å². The molecule has 1 rings (SSSR count). The molecule has 1 unspecified atom stereocenters. The Morgan fingerprint density at radius 2 is 1.59 bits per heavy atom. The first kappa shape index (κ1) is 18.7. The minimum atomic E-state index is -0.672. The third-order valence-corrected chi connectivity index (χ3v) is 4.37. The molecule has 1 aromatic rings. The molecule has 0 amide bonds. The molecule has 22 heavy (non-hydrogen) atoms. The summed E-state index contributed by atoms with van der Waals surface area (Å²) in [7, 11) is 0. The first-order chi connectivity index (χ1) is 10.7. The number of carbonyl (C=O) groups is 1. The largest absolute Gasteiger partial charge is 0.481 e. The molecule has 0 spiro atoms. The molecule has 1 N–H and O–H groups in total. The van der Waals surface area contributed by atoms with Gasteiger partial charge in [-0.05, 0) is 30.4 Å². The molecule has 0 aliphatic carbocycles. The number of rotatable bonds is 12. The van der Waals surface area contributed by atoms with Crippen LogP contribution in [0.1, 0.15) is 88.7 Å². The molecule has 0 fully saturated rings. The number of benzene rings is 1. The molecule has 0 saturated carbocycles. The highest BCUT2D eigenvalue weighted by atomic mass is 16.4. The average Bonchev–Trinajstić information content (AvgIpc) is 2.52. The van der Waals surface area contributed by atoms with Gasteiger partial charge in [-0.1, -0.05) is 83.1 Å². The molecule has 0 aliphatic rings. The summed E-state index contributed by atoms with van der Waals surface area (Å²) in [4.78, 5) is 11.7. The fourth-order valence-electron chi connectivity index (χ4n) is 3.03. The Morgan fingerprint density at radius 3 is 2.27 bits per heavy atom. The van der Waals surface area contributed by atoms with Crippen molar-refractivity contribution in [1.29, 1.82) is 0 Å². The fraction of sp³-hybridized carbons (Fsp3) is 0.650. The molecule has 0 bridgehead atoms. The smallest absolute Gasteiger partial charge is 0.310 e. The normalized spacial score (nSPS) is 12.3. The summed E-state index contributed by atoms with van der Waals surface area (Å²) in [5.74, 6) is -1.01. The van der Waals surface area contributed by atoms with E-state index in [0.717, 1.165) is 44.1 Å². The quantitative estimate of drug-likeness (QED) is 0.485. The van der Waals surface area contributed by atoms with Crippen LogP contribution in [0.5, 0.6) is 0 Å². The maximum absolute atomic E-state index is 11.7. The summed E-state index contributed by atoms with van der Waals surface area (Å²) in [6.45, 7) is 4.38. The second kappa shape index (κ2) is 11.3. The van der Waals surface area contributed by atoms with E-state index < -0.39 is 5.97 Å². The number of hydrogen-bond donors (Lipinski definition) is 1. The van der Waals surface area contributed by atoms with Crippen molar-refractivity contribution in [1.82, 2.24) is 0 Å². The van der Waals surface area contributed by atoms with Gasteiger partial charge in [0.1, 0.15) is 0 Å². The second-order valence-electron chi connectivity index (χ2n) is 6.25. The Labute approximate surface area is 135 Å². The van der Waals surface area contributed by atoms with Crippen molar-refractivity contribution in [2.45, 2.75) is 84.0 Å². The maximum atomic E-state index is 11.7. The molecule has 0 radical (unpaired) electrons. The number of unbranched alkanes of at least 4 members (excludes halogenated alkanes) is 6. The second-order valence-corrected chi connectivity index (χ2v) is 6.25. The van der Waals surface area contributed by atoms with Gasteiger partial charge in [-0.15, -0.1) is 0 Å². The fourth-order valence-corrected chi connectivity index (χ4v) is 3.03.